The number of anilines is 1. The fraction of sp³-hybridized carbons (Fsp3) is 0.143. The Balaban J connectivity index is 2.22. The molecular weight excluding hydrogens is 331 g/mol. The lowest BCUT2D eigenvalue weighted by Crippen LogP contribution is -2.20. The summed E-state index contributed by atoms with van der Waals surface area (Å²) in [4.78, 5) is 0. The molecule has 0 saturated heterocycles. The second kappa shape index (κ2) is 6.37. The summed E-state index contributed by atoms with van der Waals surface area (Å²) in [5.41, 5.74) is 7.40. The van der Waals surface area contributed by atoms with Gasteiger partial charge in [0.2, 0.25) is 0 Å². The maximum Gasteiger partial charge on any atom is 0.137 e. The van der Waals surface area contributed by atoms with Crippen LogP contribution in [0.25, 0.3) is 0 Å². The lowest BCUT2D eigenvalue weighted by Gasteiger charge is -2.19. The van der Waals surface area contributed by atoms with Gasteiger partial charge >= 0.3 is 0 Å². The molecule has 0 radical (unpaired) electrons. The molecule has 2 aromatic rings. The molecule has 2 nitrogen and oxygen atoms in total. The summed E-state index contributed by atoms with van der Waals surface area (Å²) in [6.07, 6.45) is 0. The first kappa shape index (κ1) is 14.3. The lowest BCUT2D eigenvalue weighted by molar-refractivity contribution is 0.615. The first-order chi connectivity index (χ1) is 9.10. The molecule has 3 N–H and O–H groups in total. The Kier molecular flexibility index (Phi) is 4.80. The third kappa shape index (κ3) is 3.69. The summed E-state index contributed by atoms with van der Waals surface area (Å²) in [7, 11) is 0. The summed E-state index contributed by atoms with van der Waals surface area (Å²) in [5, 5.41) is 3.88. The quantitative estimate of drug-likeness (QED) is 0.866. The van der Waals surface area contributed by atoms with E-state index in [1.165, 1.54) is 6.07 Å². The minimum atomic E-state index is -0.302. The maximum atomic E-state index is 13.5. The van der Waals surface area contributed by atoms with Gasteiger partial charge in [0.15, 0.2) is 0 Å². The molecule has 1 unspecified atom stereocenters. The van der Waals surface area contributed by atoms with Gasteiger partial charge in [-0.1, -0.05) is 23.7 Å². The van der Waals surface area contributed by atoms with Crippen LogP contribution < -0.4 is 11.1 Å². The van der Waals surface area contributed by atoms with Crippen LogP contribution in [0.2, 0.25) is 5.02 Å². The van der Waals surface area contributed by atoms with E-state index in [1.54, 1.807) is 18.2 Å². The van der Waals surface area contributed by atoms with Crippen molar-refractivity contribution in [3.63, 3.8) is 0 Å². The maximum absolute atomic E-state index is 13.5. The largest absolute Gasteiger partial charge is 0.377 e. The van der Waals surface area contributed by atoms with Crippen molar-refractivity contribution in [1.82, 2.24) is 0 Å². The minimum Gasteiger partial charge on any atom is -0.377 e. The van der Waals surface area contributed by atoms with Crippen molar-refractivity contribution < 1.29 is 4.39 Å². The molecular formula is C14H13BrClFN2. The van der Waals surface area contributed by atoms with Crippen molar-refractivity contribution in [3.8, 4) is 0 Å². The van der Waals surface area contributed by atoms with Crippen LogP contribution in [-0.4, -0.2) is 6.54 Å². The molecule has 0 aliphatic carbocycles. The van der Waals surface area contributed by atoms with Crippen LogP contribution >= 0.6 is 27.5 Å². The van der Waals surface area contributed by atoms with Gasteiger partial charge in [0.1, 0.15) is 5.82 Å². The van der Waals surface area contributed by atoms with Gasteiger partial charge in [-0.05, 0) is 51.8 Å². The highest BCUT2D eigenvalue weighted by Crippen LogP contribution is 2.24. The van der Waals surface area contributed by atoms with Crippen LogP contribution in [0.15, 0.2) is 46.9 Å². The van der Waals surface area contributed by atoms with Gasteiger partial charge in [0.25, 0.3) is 0 Å². The van der Waals surface area contributed by atoms with Crippen molar-refractivity contribution in [3.05, 3.63) is 63.3 Å². The van der Waals surface area contributed by atoms with Gasteiger partial charge in [0, 0.05) is 17.3 Å². The Hall–Kier alpha value is -1.10. The number of nitrogens with two attached hydrogens (primary N) is 1. The fourth-order valence-electron chi connectivity index (χ4n) is 1.79. The molecule has 2 rings (SSSR count). The average molecular weight is 344 g/mol. The SMILES string of the molecule is NCC(Nc1cccc(Cl)c1)c1ccc(Br)c(F)c1. The number of halogens is 3. The standard InChI is InChI=1S/C14H13BrClFN2/c15-12-5-4-9(6-13(12)17)14(8-18)19-11-3-1-2-10(16)7-11/h1-7,14,19H,8,18H2. The van der Waals surface area contributed by atoms with Crippen molar-refractivity contribution in [2.45, 2.75) is 6.04 Å². The van der Waals surface area contributed by atoms with Gasteiger partial charge in [-0.25, -0.2) is 4.39 Å². The van der Waals surface area contributed by atoms with Crippen LogP contribution in [0.4, 0.5) is 10.1 Å². The number of nitrogens with one attached hydrogen (secondary N) is 1. The average Bonchev–Trinajstić information content (AvgIpc) is 2.39. The molecule has 0 aliphatic heterocycles. The monoisotopic (exact) mass is 342 g/mol. The van der Waals surface area contributed by atoms with E-state index in [9.17, 15) is 4.39 Å². The molecule has 5 heteroatoms. The molecule has 0 saturated carbocycles. The summed E-state index contributed by atoms with van der Waals surface area (Å²) in [6, 6.07) is 12.2. The van der Waals surface area contributed by atoms with Gasteiger partial charge in [-0.15, -0.1) is 0 Å². The van der Waals surface area contributed by atoms with E-state index in [2.05, 4.69) is 21.2 Å². The lowest BCUT2D eigenvalue weighted by atomic mass is 10.1. The highest BCUT2D eigenvalue weighted by molar-refractivity contribution is 9.10. The van der Waals surface area contributed by atoms with E-state index < -0.39 is 0 Å². The first-order valence-electron chi connectivity index (χ1n) is 5.77. The molecule has 0 aliphatic rings. The zero-order valence-electron chi connectivity index (χ0n) is 10.0. The Morgan fingerprint density at radius 1 is 1.26 bits per heavy atom. The van der Waals surface area contributed by atoms with Crippen molar-refractivity contribution in [1.29, 1.82) is 0 Å². The molecule has 19 heavy (non-hydrogen) atoms. The van der Waals surface area contributed by atoms with E-state index in [1.807, 2.05) is 18.2 Å². The van der Waals surface area contributed by atoms with Crippen LogP contribution in [0.5, 0.6) is 0 Å². The summed E-state index contributed by atoms with van der Waals surface area (Å²) < 4.78 is 14.0. The second-order valence-electron chi connectivity index (χ2n) is 4.12. The molecule has 0 bridgehead atoms. The Bertz CT molecular complexity index is 577. The predicted octanol–water partition coefficient (Wildman–Crippen LogP) is 4.35. The number of rotatable bonds is 4. The van der Waals surface area contributed by atoms with E-state index in [-0.39, 0.29) is 11.9 Å². The van der Waals surface area contributed by atoms with Gasteiger partial charge in [-0.2, -0.15) is 0 Å². The van der Waals surface area contributed by atoms with Crippen LogP contribution in [0, 0.1) is 5.82 Å². The topological polar surface area (TPSA) is 38.0 Å². The van der Waals surface area contributed by atoms with Gasteiger partial charge < -0.3 is 11.1 Å². The van der Waals surface area contributed by atoms with E-state index in [4.69, 9.17) is 17.3 Å². The zero-order chi connectivity index (χ0) is 13.8. The van der Waals surface area contributed by atoms with Crippen molar-refractivity contribution >= 4 is 33.2 Å². The summed E-state index contributed by atoms with van der Waals surface area (Å²) in [6.45, 7) is 0.355. The minimum absolute atomic E-state index is 0.166. The second-order valence-corrected chi connectivity index (χ2v) is 5.41. The molecule has 0 heterocycles. The third-order valence-electron chi connectivity index (χ3n) is 2.75. The van der Waals surface area contributed by atoms with Crippen molar-refractivity contribution in [2.75, 3.05) is 11.9 Å². The normalized spacial score (nSPS) is 12.2. The van der Waals surface area contributed by atoms with Gasteiger partial charge in [0.05, 0.1) is 10.5 Å². The van der Waals surface area contributed by atoms with E-state index in [0.717, 1.165) is 11.3 Å². The molecule has 2 aromatic carbocycles. The highest BCUT2D eigenvalue weighted by atomic mass is 79.9. The molecule has 0 spiro atoms. The number of hydrogen-bond donors (Lipinski definition) is 2. The van der Waals surface area contributed by atoms with Crippen LogP contribution in [-0.2, 0) is 0 Å². The Morgan fingerprint density at radius 2 is 2.05 bits per heavy atom. The predicted molar refractivity (Wildman–Crippen MR) is 81.0 cm³/mol. The Morgan fingerprint density at radius 3 is 2.68 bits per heavy atom. The van der Waals surface area contributed by atoms with Crippen LogP contribution in [0.3, 0.4) is 0 Å². The first-order valence-corrected chi connectivity index (χ1v) is 6.94. The zero-order valence-corrected chi connectivity index (χ0v) is 12.4. The Labute approximate surface area is 124 Å². The van der Waals surface area contributed by atoms with Crippen LogP contribution in [0.1, 0.15) is 11.6 Å². The molecule has 100 valence electrons. The molecule has 0 aromatic heterocycles. The summed E-state index contributed by atoms with van der Waals surface area (Å²) in [5.74, 6) is -0.302. The highest BCUT2D eigenvalue weighted by Gasteiger charge is 2.11. The van der Waals surface area contributed by atoms with E-state index in [0.29, 0.717) is 16.0 Å². The number of benzene rings is 2. The molecule has 0 fully saturated rings. The van der Waals surface area contributed by atoms with Gasteiger partial charge in [-0.3, -0.25) is 0 Å². The van der Waals surface area contributed by atoms with E-state index >= 15 is 0 Å². The van der Waals surface area contributed by atoms with Crippen molar-refractivity contribution in [2.24, 2.45) is 5.73 Å². The molecule has 1 atom stereocenters. The number of hydrogen-bond acceptors (Lipinski definition) is 2. The fourth-order valence-corrected chi connectivity index (χ4v) is 2.22. The summed E-state index contributed by atoms with van der Waals surface area (Å²) >= 11 is 9.06. The third-order valence-corrected chi connectivity index (χ3v) is 3.63. The smallest absolute Gasteiger partial charge is 0.137 e. The molecule has 0 amide bonds.